The van der Waals surface area contributed by atoms with E-state index in [1.807, 2.05) is 72.8 Å². The first-order valence-corrected chi connectivity index (χ1v) is 13.1. The van der Waals surface area contributed by atoms with Crippen LogP contribution in [0.25, 0.3) is 33.4 Å². The van der Waals surface area contributed by atoms with E-state index in [2.05, 4.69) is 72.8 Å². The third kappa shape index (κ3) is 5.52. The zero-order chi connectivity index (χ0) is 27.3. The predicted molar refractivity (Wildman–Crippen MR) is 165 cm³/mol. The summed E-state index contributed by atoms with van der Waals surface area (Å²) < 4.78 is 12.0. The van der Waals surface area contributed by atoms with Crippen LogP contribution in [0.5, 0.6) is 23.0 Å². The van der Waals surface area contributed by atoms with Crippen molar-refractivity contribution in [2.75, 3.05) is 11.5 Å². The first kappa shape index (κ1) is 24.8. The Kier molecular flexibility index (Phi) is 6.89. The van der Waals surface area contributed by atoms with E-state index >= 15 is 0 Å². The van der Waals surface area contributed by atoms with E-state index in [4.69, 9.17) is 20.9 Å². The summed E-state index contributed by atoms with van der Waals surface area (Å²) in [7, 11) is 0. The second kappa shape index (κ2) is 11.1. The lowest BCUT2D eigenvalue weighted by Crippen LogP contribution is -1.90. The lowest BCUT2D eigenvalue weighted by Gasteiger charge is -2.15. The molecule has 0 aliphatic rings. The van der Waals surface area contributed by atoms with Crippen molar-refractivity contribution in [3.8, 4) is 56.4 Å². The molecule has 4 nitrogen and oxygen atoms in total. The molecule has 0 radical (unpaired) electrons. The zero-order valence-electron chi connectivity index (χ0n) is 21.8. The summed E-state index contributed by atoms with van der Waals surface area (Å²) in [5.74, 6) is 3.04. The van der Waals surface area contributed by atoms with Crippen LogP contribution in [0, 0.1) is 0 Å². The number of hydrogen-bond donors (Lipinski definition) is 2. The molecule has 0 bridgehead atoms. The highest BCUT2D eigenvalue weighted by Crippen LogP contribution is 2.39. The topological polar surface area (TPSA) is 70.5 Å². The number of nitrogens with two attached hydrogens (primary N) is 2. The summed E-state index contributed by atoms with van der Waals surface area (Å²) in [4.78, 5) is 0. The molecule has 0 saturated carbocycles. The summed E-state index contributed by atoms with van der Waals surface area (Å²) in [5, 5.41) is 0. The summed E-state index contributed by atoms with van der Waals surface area (Å²) in [6.45, 7) is 0. The Labute approximate surface area is 234 Å². The van der Waals surface area contributed by atoms with Crippen LogP contribution in [0.2, 0.25) is 0 Å². The van der Waals surface area contributed by atoms with Crippen molar-refractivity contribution in [3.63, 3.8) is 0 Å². The first-order chi connectivity index (χ1) is 19.6. The van der Waals surface area contributed by atoms with Gasteiger partial charge in [0.05, 0.1) is 0 Å². The smallest absolute Gasteiger partial charge is 0.127 e. The molecule has 0 aromatic heterocycles. The van der Waals surface area contributed by atoms with Gasteiger partial charge in [-0.15, -0.1) is 0 Å². The van der Waals surface area contributed by atoms with Crippen molar-refractivity contribution in [2.45, 2.75) is 0 Å². The Bertz CT molecular complexity index is 1590. The van der Waals surface area contributed by atoms with E-state index in [1.54, 1.807) is 0 Å². The summed E-state index contributed by atoms with van der Waals surface area (Å²) in [6.07, 6.45) is 0. The minimum absolute atomic E-state index is 0.710. The van der Waals surface area contributed by atoms with Crippen LogP contribution < -0.4 is 20.9 Å². The Hall–Kier alpha value is -5.48. The van der Waals surface area contributed by atoms with Gasteiger partial charge in [0.1, 0.15) is 23.0 Å². The number of ether oxygens (including phenoxy) is 2. The number of anilines is 2. The van der Waals surface area contributed by atoms with Crippen LogP contribution in [0.3, 0.4) is 0 Å². The third-order valence-corrected chi connectivity index (χ3v) is 6.71. The van der Waals surface area contributed by atoms with Gasteiger partial charge >= 0.3 is 0 Å². The van der Waals surface area contributed by atoms with E-state index in [-0.39, 0.29) is 0 Å². The van der Waals surface area contributed by atoms with E-state index in [0.717, 1.165) is 56.4 Å². The Balaban J connectivity index is 1.28. The van der Waals surface area contributed by atoms with Crippen molar-refractivity contribution < 1.29 is 9.47 Å². The summed E-state index contributed by atoms with van der Waals surface area (Å²) >= 11 is 0. The van der Waals surface area contributed by atoms with Gasteiger partial charge in [-0.25, -0.2) is 0 Å². The van der Waals surface area contributed by atoms with Gasteiger partial charge in [0.15, 0.2) is 0 Å². The largest absolute Gasteiger partial charge is 0.457 e. The van der Waals surface area contributed by atoms with Crippen molar-refractivity contribution in [1.82, 2.24) is 0 Å². The van der Waals surface area contributed by atoms with Gasteiger partial charge in [0.2, 0.25) is 0 Å². The highest BCUT2D eigenvalue weighted by Gasteiger charge is 2.13. The fourth-order valence-corrected chi connectivity index (χ4v) is 4.69. The van der Waals surface area contributed by atoms with Crippen LogP contribution in [0.1, 0.15) is 0 Å². The molecule has 194 valence electrons. The predicted octanol–water partition coefficient (Wildman–Crippen LogP) is 9.44. The van der Waals surface area contributed by atoms with Gasteiger partial charge in [0.25, 0.3) is 0 Å². The van der Waals surface area contributed by atoms with Crippen molar-refractivity contribution >= 4 is 11.4 Å². The Morgan fingerprint density at radius 1 is 0.300 bits per heavy atom. The van der Waals surface area contributed by atoms with Gasteiger partial charge in [0, 0.05) is 11.4 Å². The van der Waals surface area contributed by atoms with Crippen LogP contribution >= 0.6 is 0 Å². The molecule has 4 N–H and O–H groups in total. The van der Waals surface area contributed by atoms with E-state index in [1.165, 1.54) is 0 Å². The van der Waals surface area contributed by atoms with Crippen LogP contribution in [0.4, 0.5) is 11.4 Å². The molecular formula is C36H28N2O2. The first-order valence-electron chi connectivity index (χ1n) is 13.1. The quantitative estimate of drug-likeness (QED) is 0.206. The van der Waals surface area contributed by atoms with E-state index < -0.39 is 0 Å². The Morgan fingerprint density at radius 2 is 0.575 bits per heavy atom. The number of nitrogen functional groups attached to an aromatic ring is 2. The molecule has 0 atom stereocenters. The van der Waals surface area contributed by atoms with Gasteiger partial charge in [-0.1, -0.05) is 72.8 Å². The monoisotopic (exact) mass is 520 g/mol. The number of hydrogen-bond acceptors (Lipinski definition) is 4. The molecule has 0 spiro atoms. The standard InChI is InChI=1S/C36H28N2O2/c37-27-13-21-31(22-14-27)39-29-17-9-25(10-18-29)33-5-1-3-7-35(33)36-8-4-2-6-34(36)26-11-19-30(20-12-26)40-32-23-15-28(38)16-24-32/h1-24H,37-38H2. The van der Waals surface area contributed by atoms with Crippen LogP contribution in [-0.2, 0) is 0 Å². The molecule has 0 aliphatic heterocycles. The molecule has 6 aromatic carbocycles. The highest BCUT2D eigenvalue weighted by atomic mass is 16.5. The molecule has 0 heterocycles. The molecule has 4 heteroatoms. The second-order valence-electron chi connectivity index (χ2n) is 9.48. The van der Waals surface area contributed by atoms with Crippen molar-refractivity contribution in [3.05, 3.63) is 146 Å². The van der Waals surface area contributed by atoms with E-state index in [0.29, 0.717) is 11.4 Å². The van der Waals surface area contributed by atoms with Crippen molar-refractivity contribution in [2.24, 2.45) is 0 Å². The van der Waals surface area contributed by atoms with Gasteiger partial charge in [-0.3, -0.25) is 0 Å². The minimum Gasteiger partial charge on any atom is -0.457 e. The van der Waals surface area contributed by atoms with Crippen LogP contribution in [-0.4, -0.2) is 0 Å². The second-order valence-corrected chi connectivity index (χ2v) is 9.48. The molecule has 0 saturated heterocycles. The molecule has 0 unspecified atom stereocenters. The molecule has 0 amide bonds. The van der Waals surface area contributed by atoms with Gasteiger partial charge in [-0.05, 0) is 106 Å². The zero-order valence-corrected chi connectivity index (χ0v) is 21.8. The molecule has 0 aliphatic carbocycles. The maximum absolute atomic E-state index is 6.00. The minimum atomic E-state index is 0.710. The van der Waals surface area contributed by atoms with Gasteiger partial charge in [-0.2, -0.15) is 0 Å². The lowest BCUT2D eigenvalue weighted by atomic mass is 9.89. The average molecular weight is 521 g/mol. The third-order valence-electron chi connectivity index (χ3n) is 6.71. The SMILES string of the molecule is Nc1ccc(Oc2ccc(-c3ccccc3-c3ccccc3-c3ccc(Oc4ccc(N)cc4)cc3)cc2)cc1. The fourth-order valence-electron chi connectivity index (χ4n) is 4.69. The molecule has 40 heavy (non-hydrogen) atoms. The van der Waals surface area contributed by atoms with Gasteiger partial charge < -0.3 is 20.9 Å². The van der Waals surface area contributed by atoms with E-state index in [9.17, 15) is 0 Å². The van der Waals surface area contributed by atoms with Crippen molar-refractivity contribution in [1.29, 1.82) is 0 Å². The summed E-state index contributed by atoms with van der Waals surface area (Å²) in [5.41, 5.74) is 19.8. The summed E-state index contributed by atoms with van der Waals surface area (Å²) in [6, 6.07) is 48.1. The van der Waals surface area contributed by atoms with Crippen LogP contribution in [0.15, 0.2) is 146 Å². The fraction of sp³-hybridized carbons (Fsp3) is 0. The lowest BCUT2D eigenvalue weighted by molar-refractivity contribution is 0.482. The molecule has 6 rings (SSSR count). The normalized spacial score (nSPS) is 10.7. The Morgan fingerprint density at radius 3 is 0.900 bits per heavy atom. The number of rotatable bonds is 7. The molecule has 6 aromatic rings. The molecular weight excluding hydrogens is 492 g/mol. The highest BCUT2D eigenvalue weighted by molar-refractivity contribution is 5.91. The number of benzene rings is 6. The molecule has 0 fully saturated rings. The maximum Gasteiger partial charge on any atom is 0.127 e. The maximum atomic E-state index is 6.00. The average Bonchev–Trinajstić information content (AvgIpc) is 3.00.